The molecule has 258 valence electrons. The standard InChI is InChI=1S/C49H30N4O2/c1-2-13-31(14-3-1)49-51-41(30-42(52-49)39-18-10-17-38-37-15-4-7-23-45(37)55-48(38)39)33-27-32(35-16-11-20-40-36(35)19-12-26-50-40)28-34(29-33)53-43-21-5-8-24-46(43)54-47-25-9-6-22-44(47)53/h1-30H. The van der Waals surface area contributed by atoms with Gasteiger partial charge in [0.25, 0.3) is 0 Å². The molecule has 0 fully saturated rings. The van der Waals surface area contributed by atoms with E-state index in [0.717, 1.165) is 101 Å². The molecule has 0 unspecified atom stereocenters. The number of anilines is 3. The Morgan fingerprint density at radius 1 is 0.455 bits per heavy atom. The second kappa shape index (κ2) is 12.5. The summed E-state index contributed by atoms with van der Waals surface area (Å²) in [5.74, 6) is 2.21. The van der Waals surface area contributed by atoms with E-state index in [2.05, 4.69) is 102 Å². The van der Waals surface area contributed by atoms with Crippen LogP contribution in [0.3, 0.4) is 0 Å². The highest BCUT2D eigenvalue weighted by Gasteiger charge is 2.27. The maximum Gasteiger partial charge on any atom is 0.160 e. The number of aromatic nitrogens is 3. The molecule has 0 radical (unpaired) electrons. The van der Waals surface area contributed by atoms with Crippen LogP contribution in [0.15, 0.2) is 187 Å². The van der Waals surface area contributed by atoms with Crippen molar-refractivity contribution >= 4 is 49.9 Å². The van der Waals surface area contributed by atoms with Crippen LogP contribution in [0.1, 0.15) is 0 Å². The fourth-order valence-corrected chi connectivity index (χ4v) is 7.78. The molecule has 4 heterocycles. The third kappa shape index (κ3) is 5.23. The molecule has 0 spiro atoms. The Kier molecular flexibility index (Phi) is 7.07. The summed E-state index contributed by atoms with van der Waals surface area (Å²) in [5.41, 5.74) is 11.9. The number of para-hydroxylation sites is 6. The van der Waals surface area contributed by atoms with E-state index in [1.54, 1.807) is 0 Å². The van der Waals surface area contributed by atoms with Gasteiger partial charge in [0.15, 0.2) is 17.3 Å². The predicted octanol–water partition coefficient (Wildman–Crippen LogP) is 13.2. The van der Waals surface area contributed by atoms with Gasteiger partial charge in [-0.25, -0.2) is 9.97 Å². The predicted molar refractivity (Wildman–Crippen MR) is 221 cm³/mol. The van der Waals surface area contributed by atoms with E-state index in [0.29, 0.717) is 5.82 Å². The summed E-state index contributed by atoms with van der Waals surface area (Å²) in [4.78, 5) is 17.5. The van der Waals surface area contributed by atoms with Gasteiger partial charge in [0.1, 0.15) is 11.2 Å². The minimum atomic E-state index is 0.629. The number of nitrogens with zero attached hydrogens (tertiary/aromatic N) is 4. The zero-order valence-electron chi connectivity index (χ0n) is 29.4. The lowest BCUT2D eigenvalue weighted by molar-refractivity contribution is 0.477. The van der Waals surface area contributed by atoms with Gasteiger partial charge in [-0.1, -0.05) is 103 Å². The smallest absolute Gasteiger partial charge is 0.160 e. The monoisotopic (exact) mass is 706 g/mol. The highest BCUT2D eigenvalue weighted by molar-refractivity contribution is 6.09. The van der Waals surface area contributed by atoms with Gasteiger partial charge in [-0.15, -0.1) is 0 Å². The second-order valence-electron chi connectivity index (χ2n) is 13.6. The average molecular weight is 707 g/mol. The van der Waals surface area contributed by atoms with Gasteiger partial charge >= 0.3 is 0 Å². The van der Waals surface area contributed by atoms with E-state index >= 15 is 0 Å². The van der Waals surface area contributed by atoms with Gasteiger partial charge in [-0.2, -0.15) is 0 Å². The fourth-order valence-electron chi connectivity index (χ4n) is 7.78. The van der Waals surface area contributed by atoms with Crippen LogP contribution in [0.4, 0.5) is 17.1 Å². The molecule has 0 N–H and O–H groups in total. The van der Waals surface area contributed by atoms with Crippen molar-refractivity contribution in [3.05, 3.63) is 182 Å². The summed E-state index contributed by atoms with van der Waals surface area (Å²) in [5, 5.41) is 3.19. The summed E-state index contributed by atoms with van der Waals surface area (Å²) < 4.78 is 13.0. The molecule has 0 saturated carbocycles. The lowest BCUT2D eigenvalue weighted by atomic mass is 9.95. The van der Waals surface area contributed by atoms with Crippen molar-refractivity contribution in [2.75, 3.05) is 4.90 Å². The zero-order valence-corrected chi connectivity index (χ0v) is 29.4. The topological polar surface area (TPSA) is 64.3 Å². The molecular formula is C49H30N4O2. The second-order valence-corrected chi connectivity index (χ2v) is 13.6. The lowest BCUT2D eigenvalue weighted by Gasteiger charge is -2.33. The third-order valence-electron chi connectivity index (χ3n) is 10.3. The number of hydrogen-bond acceptors (Lipinski definition) is 6. The first-order chi connectivity index (χ1) is 27.2. The molecule has 55 heavy (non-hydrogen) atoms. The molecular weight excluding hydrogens is 677 g/mol. The van der Waals surface area contributed by atoms with E-state index in [1.165, 1.54) is 0 Å². The quantitative estimate of drug-likeness (QED) is 0.177. The molecule has 6 nitrogen and oxygen atoms in total. The molecule has 6 heteroatoms. The number of rotatable bonds is 5. The van der Waals surface area contributed by atoms with Crippen molar-refractivity contribution in [2.24, 2.45) is 0 Å². The molecule has 0 bridgehead atoms. The molecule has 0 atom stereocenters. The average Bonchev–Trinajstić information content (AvgIpc) is 3.64. The maximum absolute atomic E-state index is 6.53. The van der Waals surface area contributed by atoms with Crippen LogP contribution in [0.2, 0.25) is 0 Å². The van der Waals surface area contributed by atoms with Crippen molar-refractivity contribution < 1.29 is 9.15 Å². The molecule has 0 saturated heterocycles. The maximum atomic E-state index is 6.53. The largest absolute Gasteiger partial charge is 0.455 e. The van der Waals surface area contributed by atoms with E-state index in [9.17, 15) is 0 Å². The van der Waals surface area contributed by atoms with E-state index in [1.807, 2.05) is 85.1 Å². The van der Waals surface area contributed by atoms with Gasteiger partial charge in [0.05, 0.1) is 28.3 Å². The first-order valence-electron chi connectivity index (χ1n) is 18.3. The lowest BCUT2D eigenvalue weighted by Crippen LogP contribution is -2.15. The van der Waals surface area contributed by atoms with E-state index < -0.39 is 0 Å². The number of furan rings is 1. The summed E-state index contributed by atoms with van der Waals surface area (Å²) in [6.45, 7) is 0. The van der Waals surface area contributed by atoms with Crippen LogP contribution in [-0.4, -0.2) is 15.0 Å². The summed E-state index contributed by atoms with van der Waals surface area (Å²) in [6.07, 6.45) is 1.84. The Hall–Kier alpha value is -7.57. The number of fused-ring (bicyclic) bond motifs is 6. The van der Waals surface area contributed by atoms with Crippen molar-refractivity contribution in [1.82, 2.24) is 15.0 Å². The Morgan fingerprint density at radius 3 is 1.98 bits per heavy atom. The molecule has 1 aliphatic rings. The van der Waals surface area contributed by atoms with Crippen LogP contribution in [0.25, 0.3) is 77.9 Å². The van der Waals surface area contributed by atoms with Crippen LogP contribution in [0.5, 0.6) is 11.5 Å². The minimum Gasteiger partial charge on any atom is -0.455 e. The Labute approximate surface area is 316 Å². The summed E-state index contributed by atoms with van der Waals surface area (Å²) >= 11 is 0. The van der Waals surface area contributed by atoms with Crippen LogP contribution in [0, 0.1) is 0 Å². The zero-order chi connectivity index (χ0) is 36.3. The Bertz CT molecular complexity index is 3050. The fraction of sp³-hybridized carbons (Fsp3) is 0. The van der Waals surface area contributed by atoms with Crippen molar-refractivity contribution in [3.8, 4) is 56.5 Å². The number of hydrogen-bond donors (Lipinski definition) is 0. The van der Waals surface area contributed by atoms with Crippen molar-refractivity contribution in [3.63, 3.8) is 0 Å². The van der Waals surface area contributed by atoms with Crippen molar-refractivity contribution in [2.45, 2.75) is 0 Å². The van der Waals surface area contributed by atoms with Crippen LogP contribution in [-0.2, 0) is 0 Å². The molecule has 0 amide bonds. The number of pyridine rings is 1. The van der Waals surface area contributed by atoms with Gasteiger partial charge in [0.2, 0.25) is 0 Å². The van der Waals surface area contributed by atoms with Gasteiger partial charge in [-0.3, -0.25) is 4.98 Å². The molecule has 11 rings (SSSR count). The van der Waals surface area contributed by atoms with Crippen LogP contribution < -0.4 is 9.64 Å². The molecule has 3 aromatic heterocycles. The number of ether oxygens (including phenoxy) is 1. The van der Waals surface area contributed by atoms with E-state index in [-0.39, 0.29) is 0 Å². The molecule has 10 aromatic rings. The Balaban J connectivity index is 1.19. The molecule has 7 aromatic carbocycles. The van der Waals surface area contributed by atoms with Gasteiger partial charge in [-0.05, 0) is 83.9 Å². The highest BCUT2D eigenvalue weighted by Crippen LogP contribution is 2.51. The molecule has 1 aliphatic heterocycles. The molecule has 0 aliphatic carbocycles. The van der Waals surface area contributed by atoms with Gasteiger partial charge in [0, 0.05) is 44.7 Å². The third-order valence-corrected chi connectivity index (χ3v) is 10.3. The Morgan fingerprint density at radius 2 is 1.13 bits per heavy atom. The van der Waals surface area contributed by atoms with E-state index in [4.69, 9.17) is 24.1 Å². The first-order valence-corrected chi connectivity index (χ1v) is 18.3. The summed E-state index contributed by atoms with van der Waals surface area (Å²) in [6, 6.07) is 60.1. The summed E-state index contributed by atoms with van der Waals surface area (Å²) in [7, 11) is 0. The highest BCUT2D eigenvalue weighted by atomic mass is 16.5. The number of benzene rings is 7. The normalized spacial score (nSPS) is 12.1. The van der Waals surface area contributed by atoms with Crippen LogP contribution >= 0.6 is 0 Å². The van der Waals surface area contributed by atoms with Gasteiger partial charge < -0.3 is 14.1 Å². The SMILES string of the molecule is c1ccc(-c2nc(-c3cc(-c4cccc5ncccc45)cc(N4c5ccccc5Oc5ccccc54)c3)cc(-c3cccc4c3oc3ccccc34)n2)cc1. The first kappa shape index (κ1) is 31.0. The minimum absolute atomic E-state index is 0.629. The van der Waals surface area contributed by atoms with Crippen molar-refractivity contribution in [1.29, 1.82) is 0 Å².